The van der Waals surface area contributed by atoms with Gasteiger partial charge >= 0.3 is 6.18 Å². The van der Waals surface area contributed by atoms with Crippen LogP contribution in [0.15, 0.2) is 0 Å². The molecule has 0 aromatic rings. The average Bonchev–Trinajstić information content (AvgIpc) is 2.04. The highest BCUT2D eigenvalue weighted by Gasteiger charge is 2.38. The van der Waals surface area contributed by atoms with Crippen LogP contribution in [-0.4, -0.2) is 29.9 Å². The van der Waals surface area contributed by atoms with Crippen LogP contribution in [0.2, 0.25) is 0 Å². The van der Waals surface area contributed by atoms with E-state index in [-0.39, 0.29) is 5.25 Å². The number of rotatable bonds is 2. The summed E-state index contributed by atoms with van der Waals surface area (Å²) in [4.78, 5) is 0. The Labute approximate surface area is 80.0 Å². The lowest BCUT2D eigenvalue weighted by Crippen LogP contribution is -2.27. The second-order valence-electron chi connectivity index (χ2n) is 3.13. The van der Waals surface area contributed by atoms with E-state index in [4.69, 9.17) is 4.74 Å². The highest BCUT2D eigenvalue weighted by atomic mass is 32.2. The van der Waals surface area contributed by atoms with E-state index in [1.54, 1.807) is 0 Å². The molecule has 0 saturated carbocycles. The van der Waals surface area contributed by atoms with Crippen LogP contribution in [0.4, 0.5) is 13.2 Å². The molecule has 0 aliphatic carbocycles. The third kappa shape index (κ3) is 3.77. The van der Waals surface area contributed by atoms with Crippen molar-refractivity contribution < 1.29 is 17.9 Å². The topological polar surface area (TPSA) is 9.23 Å². The monoisotopic (exact) mass is 214 g/mol. The fraction of sp³-hybridized carbons (Fsp3) is 1.00. The van der Waals surface area contributed by atoms with Gasteiger partial charge in [-0.25, -0.2) is 0 Å². The maximum absolute atomic E-state index is 12.2. The third-order valence-electron chi connectivity index (χ3n) is 2.03. The van der Waals surface area contributed by atoms with Crippen LogP contribution in [0.25, 0.3) is 0 Å². The predicted octanol–water partition coefficient (Wildman–Crippen LogP) is 2.85. The minimum Gasteiger partial charge on any atom is -0.381 e. The van der Waals surface area contributed by atoms with Gasteiger partial charge in [0.15, 0.2) is 0 Å². The van der Waals surface area contributed by atoms with Crippen molar-refractivity contribution in [2.75, 3.05) is 13.2 Å². The molecular weight excluding hydrogens is 201 g/mol. The number of hydrogen-bond donors (Lipinski definition) is 0. The summed E-state index contributed by atoms with van der Waals surface area (Å²) in [5.74, 6) is 0. The molecule has 1 rings (SSSR count). The van der Waals surface area contributed by atoms with Gasteiger partial charge in [0.05, 0.1) is 5.25 Å². The first kappa shape index (κ1) is 11.2. The second-order valence-corrected chi connectivity index (χ2v) is 4.78. The van der Waals surface area contributed by atoms with E-state index in [0.29, 0.717) is 13.2 Å². The van der Waals surface area contributed by atoms with Crippen molar-refractivity contribution in [3.05, 3.63) is 0 Å². The van der Waals surface area contributed by atoms with Crippen molar-refractivity contribution in [3.8, 4) is 0 Å². The molecule has 0 amide bonds. The highest BCUT2D eigenvalue weighted by Crippen LogP contribution is 2.35. The molecule has 1 nitrogen and oxygen atoms in total. The Morgan fingerprint density at radius 1 is 1.31 bits per heavy atom. The van der Waals surface area contributed by atoms with E-state index >= 15 is 0 Å². The van der Waals surface area contributed by atoms with Gasteiger partial charge in [0.25, 0.3) is 0 Å². The summed E-state index contributed by atoms with van der Waals surface area (Å²) < 4.78 is 41.5. The molecule has 0 bridgehead atoms. The maximum Gasteiger partial charge on any atom is 0.400 e. The van der Waals surface area contributed by atoms with Crippen LogP contribution in [0, 0.1) is 0 Å². The van der Waals surface area contributed by atoms with Crippen LogP contribution >= 0.6 is 11.8 Å². The molecule has 13 heavy (non-hydrogen) atoms. The Morgan fingerprint density at radius 3 is 2.31 bits per heavy atom. The first-order valence-electron chi connectivity index (χ1n) is 4.30. The van der Waals surface area contributed by atoms with Gasteiger partial charge in [-0.2, -0.15) is 13.2 Å². The first-order valence-corrected chi connectivity index (χ1v) is 5.24. The van der Waals surface area contributed by atoms with E-state index in [9.17, 15) is 13.2 Å². The van der Waals surface area contributed by atoms with Gasteiger partial charge in [0.1, 0.15) is 0 Å². The summed E-state index contributed by atoms with van der Waals surface area (Å²) in [6.07, 6.45) is -2.58. The van der Waals surface area contributed by atoms with Gasteiger partial charge in [0.2, 0.25) is 0 Å². The molecule has 1 unspecified atom stereocenters. The Morgan fingerprint density at radius 2 is 1.85 bits per heavy atom. The fourth-order valence-corrected chi connectivity index (χ4v) is 2.37. The van der Waals surface area contributed by atoms with E-state index < -0.39 is 11.4 Å². The largest absolute Gasteiger partial charge is 0.400 e. The minimum atomic E-state index is -4.07. The fourth-order valence-electron chi connectivity index (χ4n) is 1.18. The SMILES string of the molecule is CC(SC1CCOCC1)C(F)(F)F. The summed E-state index contributed by atoms with van der Waals surface area (Å²) in [5.41, 5.74) is 0. The van der Waals surface area contributed by atoms with Crippen molar-refractivity contribution in [1.29, 1.82) is 0 Å². The van der Waals surface area contributed by atoms with E-state index in [1.165, 1.54) is 6.92 Å². The summed E-state index contributed by atoms with van der Waals surface area (Å²) in [6, 6.07) is 0. The van der Waals surface area contributed by atoms with Crippen LogP contribution in [0.1, 0.15) is 19.8 Å². The molecule has 1 saturated heterocycles. The van der Waals surface area contributed by atoms with Gasteiger partial charge in [-0.15, -0.1) is 11.8 Å². The van der Waals surface area contributed by atoms with Crippen LogP contribution < -0.4 is 0 Å². The Hall–Kier alpha value is 0.100. The minimum absolute atomic E-state index is 0.116. The Kier molecular flexibility index (Phi) is 3.91. The standard InChI is InChI=1S/C8H13F3OS/c1-6(8(9,10)11)13-7-2-4-12-5-3-7/h6-7H,2-5H2,1H3. The quantitative estimate of drug-likeness (QED) is 0.699. The molecule has 5 heteroatoms. The van der Waals surface area contributed by atoms with E-state index in [1.807, 2.05) is 0 Å². The van der Waals surface area contributed by atoms with Gasteiger partial charge < -0.3 is 4.74 Å². The summed E-state index contributed by atoms with van der Waals surface area (Å²) >= 11 is 1.02. The van der Waals surface area contributed by atoms with Gasteiger partial charge in [-0.05, 0) is 19.8 Å². The van der Waals surface area contributed by atoms with Crippen molar-refractivity contribution in [3.63, 3.8) is 0 Å². The summed E-state index contributed by atoms with van der Waals surface area (Å²) in [5, 5.41) is -1.14. The average molecular weight is 214 g/mol. The maximum atomic E-state index is 12.2. The molecule has 0 spiro atoms. The van der Waals surface area contributed by atoms with Crippen LogP contribution in [0.3, 0.4) is 0 Å². The molecular formula is C8H13F3OS. The smallest absolute Gasteiger partial charge is 0.381 e. The zero-order chi connectivity index (χ0) is 9.90. The predicted molar refractivity (Wildman–Crippen MR) is 46.9 cm³/mol. The molecule has 1 heterocycles. The molecule has 0 aromatic carbocycles. The van der Waals surface area contributed by atoms with Crippen molar-refractivity contribution in [2.45, 2.75) is 36.4 Å². The van der Waals surface area contributed by atoms with Crippen molar-refractivity contribution in [2.24, 2.45) is 0 Å². The Bertz CT molecular complexity index is 154. The lowest BCUT2D eigenvalue weighted by molar-refractivity contribution is -0.125. The molecule has 1 fully saturated rings. The van der Waals surface area contributed by atoms with Crippen LogP contribution in [0.5, 0.6) is 0 Å². The van der Waals surface area contributed by atoms with Crippen molar-refractivity contribution in [1.82, 2.24) is 0 Å². The Balaban J connectivity index is 2.30. The molecule has 0 aromatic heterocycles. The number of halogens is 3. The van der Waals surface area contributed by atoms with Crippen LogP contribution in [-0.2, 0) is 4.74 Å². The first-order chi connectivity index (χ1) is 6.00. The second kappa shape index (κ2) is 4.55. The summed E-state index contributed by atoms with van der Waals surface area (Å²) in [6.45, 7) is 2.42. The molecule has 1 aliphatic heterocycles. The zero-order valence-electron chi connectivity index (χ0n) is 7.43. The lowest BCUT2D eigenvalue weighted by atomic mass is 10.2. The molecule has 78 valence electrons. The number of ether oxygens (including phenoxy) is 1. The number of thioether (sulfide) groups is 1. The number of alkyl halides is 3. The highest BCUT2D eigenvalue weighted by molar-refractivity contribution is 8.00. The molecule has 0 radical (unpaired) electrons. The van der Waals surface area contributed by atoms with Gasteiger partial charge in [-0.1, -0.05) is 0 Å². The van der Waals surface area contributed by atoms with Crippen molar-refractivity contribution >= 4 is 11.8 Å². The van der Waals surface area contributed by atoms with E-state index in [2.05, 4.69) is 0 Å². The summed E-state index contributed by atoms with van der Waals surface area (Å²) in [7, 11) is 0. The third-order valence-corrected chi connectivity index (χ3v) is 3.56. The lowest BCUT2D eigenvalue weighted by Gasteiger charge is -2.25. The molecule has 1 aliphatic rings. The van der Waals surface area contributed by atoms with Gasteiger partial charge in [-0.3, -0.25) is 0 Å². The number of hydrogen-bond acceptors (Lipinski definition) is 2. The zero-order valence-corrected chi connectivity index (χ0v) is 8.25. The van der Waals surface area contributed by atoms with E-state index in [0.717, 1.165) is 24.6 Å². The normalized spacial score (nSPS) is 23.1. The molecule has 1 atom stereocenters. The molecule has 0 N–H and O–H groups in total. The van der Waals surface area contributed by atoms with Gasteiger partial charge in [0, 0.05) is 18.5 Å².